The Hall–Kier alpha value is -3.52. The van der Waals surface area contributed by atoms with Gasteiger partial charge in [0, 0.05) is 24.7 Å². The fraction of sp³-hybridized carbons (Fsp3) is 0.429. The van der Waals surface area contributed by atoms with Gasteiger partial charge in [-0.3, -0.25) is 9.69 Å². The molecule has 0 aliphatic carbocycles. The SMILES string of the molecule is CCC(C)(C)n1nnnc1[C@H](C(C)C)N(Cc1ccccc1)Cc1cc2ccc(OC)cc2[nH]c1=O. The van der Waals surface area contributed by atoms with Gasteiger partial charge in [0.2, 0.25) is 0 Å². The lowest BCUT2D eigenvalue weighted by Crippen LogP contribution is -2.38. The van der Waals surface area contributed by atoms with Crippen LogP contribution in [-0.4, -0.2) is 37.2 Å². The number of H-pyrrole nitrogens is 1. The molecule has 0 radical (unpaired) electrons. The molecule has 0 bridgehead atoms. The van der Waals surface area contributed by atoms with Gasteiger partial charge in [-0.2, -0.15) is 0 Å². The van der Waals surface area contributed by atoms with Gasteiger partial charge in [-0.15, -0.1) is 5.10 Å². The molecule has 4 rings (SSSR count). The summed E-state index contributed by atoms with van der Waals surface area (Å²) in [5.74, 6) is 1.73. The molecule has 0 saturated carbocycles. The number of tetrazole rings is 1. The average molecular weight is 489 g/mol. The van der Waals surface area contributed by atoms with Crippen LogP contribution >= 0.6 is 0 Å². The van der Waals surface area contributed by atoms with Crippen molar-refractivity contribution in [2.24, 2.45) is 5.92 Å². The Morgan fingerprint density at radius 3 is 2.50 bits per heavy atom. The zero-order valence-corrected chi connectivity index (χ0v) is 22.0. The van der Waals surface area contributed by atoms with Crippen LogP contribution < -0.4 is 10.3 Å². The summed E-state index contributed by atoms with van der Waals surface area (Å²) < 4.78 is 7.27. The highest BCUT2D eigenvalue weighted by molar-refractivity contribution is 5.80. The van der Waals surface area contributed by atoms with E-state index in [-0.39, 0.29) is 23.1 Å². The minimum absolute atomic E-state index is 0.100. The Labute approximate surface area is 212 Å². The molecule has 0 aliphatic heterocycles. The van der Waals surface area contributed by atoms with Crippen molar-refractivity contribution in [2.75, 3.05) is 7.11 Å². The van der Waals surface area contributed by atoms with Crippen LogP contribution in [0.3, 0.4) is 0 Å². The molecule has 0 saturated heterocycles. The lowest BCUT2D eigenvalue weighted by Gasteiger charge is -2.35. The summed E-state index contributed by atoms with van der Waals surface area (Å²) in [5.41, 5.74) is 2.28. The highest BCUT2D eigenvalue weighted by Gasteiger charge is 2.33. The van der Waals surface area contributed by atoms with E-state index in [9.17, 15) is 4.79 Å². The summed E-state index contributed by atoms with van der Waals surface area (Å²) in [6, 6.07) is 17.9. The maximum Gasteiger partial charge on any atom is 0.252 e. The van der Waals surface area contributed by atoms with Crippen LogP contribution in [0.2, 0.25) is 0 Å². The van der Waals surface area contributed by atoms with Crippen LogP contribution in [0.4, 0.5) is 0 Å². The predicted octanol–water partition coefficient (Wildman–Crippen LogP) is 5.07. The van der Waals surface area contributed by atoms with Gasteiger partial charge in [-0.25, -0.2) is 4.68 Å². The molecule has 8 nitrogen and oxygen atoms in total. The number of ether oxygens (including phenoxy) is 1. The van der Waals surface area contributed by atoms with Gasteiger partial charge in [0.05, 0.1) is 24.2 Å². The smallest absolute Gasteiger partial charge is 0.252 e. The number of nitrogens with zero attached hydrogens (tertiary/aromatic N) is 5. The van der Waals surface area contributed by atoms with E-state index in [1.165, 1.54) is 5.56 Å². The van der Waals surface area contributed by atoms with E-state index >= 15 is 0 Å². The monoisotopic (exact) mass is 488 g/mol. The van der Waals surface area contributed by atoms with E-state index in [1.807, 2.05) is 47.1 Å². The molecule has 2 heterocycles. The van der Waals surface area contributed by atoms with E-state index < -0.39 is 0 Å². The first-order valence-corrected chi connectivity index (χ1v) is 12.5. The number of rotatable bonds is 10. The first kappa shape index (κ1) is 25.6. The van der Waals surface area contributed by atoms with Crippen molar-refractivity contribution in [2.45, 2.75) is 65.7 Å². The fourth-order valence-electron chi connectivity index (χ4n) is 4.60. The molecule has 36 heavy (non-hydrogen) atoms. The summed E-state index contributed by atoms with van der Waals surface area (Å²) in [6.07, 6.45) is 0.891. The Balaban J connectivity index is 1.79. The predicted molar refractivity (Wildman–Crippen MR) is 142 cm³/mol. The highest BCUT2D eigenvalue weighted by Crippen LogP contribution is 2.33. The molecular formula is C28H36N6O2. The Morgan fingerprint density at radius 1 is 1.08 bits per heavy atom. The first-order valence-electron chi connectivity index (χ1n) is 12.5. The number of methoxy groups -OCH3 is 1. The summed E-state index contributed by atoms with van der Waals surface area (Å²) in [5, 5.41) is 13.9. The molecule has 1 N–H and O–H groups in total. The third kappa shape index (κ3) is 5.33. The van der Waals surface area contributed by atoms with Crippen molar-refractivity contribution in [1.82, 2.24) is 30.1 Å². The molecule has 8 heteroatoms. The van der Waals surface area contributed by atoms with Gasteiger partial charge in [-0.1, -0.05) is 51.1 Å². The van der Waals surface area contributed by atoms with Gasteiger partial charge in [0.1, 0.15) is 5.75 Å². The Bertz CT molecular complexity index is 1360. The normalized spacial score (nSPS) is 13.0. The number of hydrogen-bond donors (Lipinski definition) is 1. The molecule has 0 unspecified atom stereocenters. The lowest BCUT2D eigenvalue weighted by atomic mass is 9.97. The van der Waals surface area contributed by atoms with Crippen LogP contribution in [0.15, 0.2) is 59.4 Å². The van der Waals surface area contributed by atoms with Crippen molar-refractivity contribution < 1.29 is 4.74 Å². The van der Waals surface area contributed by atoms with E-state index in [4.69, 9.17) is 4.74 Å². The number of aromatic nitrogens is 5. The minimum atomic E-state index is -0.232. The van der Waals surface area contributed by atoms with Crippen molar-refractivity contribution >= 4 is 10.9 Å². The standard InChI is InChI=1S/C28H36N6O2/c1-7-28(4,5)34-26(30-31-32-34)25(19(2)3)33(17-20-11-9-8-10-12-20)18-22-15-21-13-14-23(36-6)16-24(21)29-27(22)35/h8-16,19,25H,7,17-18H2,1-6H3,(H,29,35)/t25-/m0/s1. The number of benzene rings is 2. The van der Waals surface area contributed by atoms with Crippen molar-refractivity contribution in [3.63, 3.8) is 0 Å². The summed E-state index contributed by atoms with van der Waals surface area (Å²) in [4.78, 5) is 18.6. The first-order chi connectivity index (χ1) is 17.2. The van der Waals surface area contributed by atoms with Crippen LogP contribution in [0, 0.1) is 5.92 Å². The molecule has 2 aromatic heterocycles. The maximum atomic E-state index is 13.2. The molecule has 4 aromatic rings. The van der Waals surface area contributed by atoms with E-state index in [0.29, 0.717) is 24.4 Å². The lowest BCUT2D eigenvalue weighted by molar-refractivity contribution is 0.118. The molecular weight excluding hydrogens is 452 g/mol. The molecule has 2 aromatic carbocycles. The summed E-state index contributed by atoms with van der Waals surface area (Å²) >= 11 is 0. The Kier molecular flexibility index (Phi) is 7.54. The number of pyridine rings is 1. The average Bonchev–Trinajstić information content (AvgIpc) is 3.35. The van der Waals surface area contributed by atoms with Gasteiger partial charge in [-0.05, 0) is 65.8 Å². The quantitative estimate of drug-likeness (QED) is 0.335. The zero-order chi connectivity index (χ0) is 25.9. The van der Waals surface area contributed by atoms with Crippen molar-refractivity contribution in [3.8, 4) is 5.75 Å². The highest BCUT2D eigenvalue weighted by atomic mass is 16.5. The van der Waals surface area contributed by atoms with Crippen LogP contribution in [0.1, 0.15) is 64.0 Å². The summed E-state index contributed by atoms with van der Waals surface area (Å²) in [7, 11) is 1.62. The number of aromatic amines is 1. The third-order valence-electron chi connectivity index (χ3n) is 6.95. The molecule has 190 valence electrons. The fourth-order valence-corrected chi connectivity index (χ4v) is 4.60. The Morgan fingerprint density at radius 2 is 1.83 bits per heavy atom. The molecule has 1 atom stereocenters. The second kappa shape index (κ2) is 10.6. The van der Waals surface area contributed by atoms with E-state index in [0.717, 1.165) is 23.1 Å². The van der Waals surface area contributed by atoms with Crippen molar-refractivity contribution in [1.29, 1.82) is 0 Å². The maximum absolute atomic E-state index is 13.2. The second-order valence-electron chi connectivity index (χ2n) is 10.3. The van der Waals surface area contributed by atoms with Gasteiger partial charge in [0.25, 0.3) is 5.56 Å². The van der Waals surface area contributed by atoms with Crippen LogP contribution in [0.5, 0.6) is 5.75 Å². The number of nitrogens with one attached hydrogen (secondary N) is 1. The van der Waals surface area contributed by atoms with Gasteiger partial charge < -0.3 is 9.72 Å². The van der Waals surface area contributed by atoms with Gasteiger partial charge in [0.15, 0.2) is 5.82 Å². The van der Waals surface area contributed by atoms with Crippen molar-refractivity contribution in [3.05, 3.63) is 81.9 Å². The number of fused-ring (bicyclic) bond motifs is 1. The van der Waals surface area contributed by atoms with Crippen LogP contribution in [0.25, 0.3) is 10.9 Å². The number of hydrogen-bond acceptors (Lipinski definition) is 6. The zero-order valence-electron chi connectivity index (χ0n) is 22.0. The molecule has 0 fully saturated rings. The van der Waals surface area contributed by atoms with Gasteiger partial charge >= 0.3 is 0 Å². The minimum Gasteiger partial charge on any atom is -0.497 e. The molecule has 0 aliphatic rings. The summed E-state index contributed by atoms with van der Waals surface area (Å²) in [6.45, 7) is 11.9. The topological polar surface area (TPSA) is 88.9 Å². The second-order valence-corrected chi connectivity index (χ2v) is 10.3. The molecule has 0 amide bonds. The van der Waals surface area contributed by atoms with E-state index in [1.54, 1.807) is 7.11 Å². The van der Waals surface area contributed by atoms with E-state index in [2.05, 4.69) is 72.2 Å². The molecule has 0 spiro atoms. The largest absolute Gasteiger partial charge is 0.497 e. The van der Waals surface area contributed by atoms with Crippen LogP contribution in [-0.2, 0) is 18.6 Å². The third-order valence-corrected chi connectivity index (χ3v) is 6.95.